The van der Waals surface area contributed by atoms with Crippen LogP contribution in [0.1, 0.15) is 24.0 Å². The van der Waals surface area contributed by atoms with E-state index in [2.05, 4.69) is 5.32 Å². The number of rotatable bonds is 4. The molecule has 1 fully saturated rings. The molecule has 0 bridgehead atoms. The van der Waals surface area contributed by atoms with Crippen molar-refractivity contribution in [3.05, 3.63) is 34.3 Å². The van der Waals surface area contributed by atoms with Crippen molar-refractivity contribution in [2.24, 2.45) is 11.8 Å². The van der Waals surface area contributed by atoms with Gasteiger partial charge >= 0.3 is 5.97 Å². The lowest BCUT2D eigenvalue weighted by Gasteiger charge is -2.31. The van der Waals surface area contributed by atoms with Crippen molar-refractivity contribution in [2.45, 2.75) is 26.3 Å². The summed E-state index contributed by atoms with van der Waals surface area (Å²) < 4.78 is 0. The van der Waals surface area contributed by atoms with Crippen LogP contribution in [-0.2, 0) is 16.1 Å². The highest BCUT2D eigenvalue weighted by atomic mass is 35.5. The third kappa shape index (κ3) is 3.07. The average Bonchev–Trinajstić information content (AvgIpc) is 2.28. The van der Waals surface area contributed by atoms with Gasteiger partial charge in [-0.15, -0.1) is 0 Å². The van der Waals surface area contributed by atoms with Crippen LogP contribution in [0.3, 0.4) is 0 Å². The number of halogens is 1. The molecule has 0 radical (unpaired) electrons. The number of carboxylic acid groups (broad SMARTS) is 1. The molecule has 1 aromatic rings. The molecule has 2 N–H and O–H groups in total. The Labute approximate surface area is 116 Å². The zero-order valence-electron chi connectivity index (χ0n) is 10.6. The van der Waals surface area contributed by atoms with E-state index in [0.29, 0.717) is 24.4 Å². The molecule has 19 heavy (non-hydrogen) atoms. The molecule has 1 aliphatic rings. The Kier molecular flexibility index (Phi) is 4.10. The Bertz CT molecular complexity index is 515. The van der Waals surface area contributed by atoms with Gasteiger partial charge in [-0.25, -0.2) is 0 Å². The van der Waals surface area contributed by atoms with Gasteiger partial charge in [-0.3, -0.25) is 9.59 Å². The highest BCUT2D eigenvalue weighted by Gasteiger charge is 2.41. The van der Waals surface area contributed by atoms with Gasteiger partial charge in [0.05, 0.1) is 11.8 Å². The summed E-state index contributed by atoms with van der Waals surface area (Å²) in [5.41, 5.74) is 1.92. The molecule has 2 unspecified atom stereocenters. The number of hydrogen-bond acceptors (Lipinski definition) is 2. The Hall–Kier alpha value is -1.55. The zero-order valence-corrected chi connectivity index (χ0v) is 11.4. The molecule has 0 aromatic heterocycles. The maximum Gasteiger partial charge on any atom is 0.307 e. The molecule has 5 heteroatoms. The predicted molar refractivity (Wildman–Crippen MR) is 71.9 cm³/mol. The van der Waals surface area contributed by atoms with Gasteiger partial charge in [-0.2, -0.15) is 0 Å². The fourth-order valence-corrected chi connectivity index (χ4v) is 2.36. The lowest BCUT2D eigenvalue weighted by molar-refractivity contribution is -0.152. The first-order valence-corrected chi connectivity index (χ1v) is 6.62. The molecular formula is C14H16ClNO3. The summed E-state index contributed by atoms with van der Waals surface area (Å²) in [6.45, 7) is 2.31. The van der Waals surface area contributed by atoms with E-state index < -0.39 is 11.9 Å². The standard InChI is InChI=1S/C14H16ClNO3/c1-8-6-9(2-5-12(8)15)7-16-13(17)10-3-4-11(10)14(18)19/h2,5-6,10-11H,3-4,7H2,1H3,(H,16,17)(H,18,19). The van der Waals surface area contributed by atoms with E-state index in [1.807, 2.05) is 19.1 Å². The van der Waals surface area contributed by atoms with Crippen LogP contribution in [0, 0.1) is 18.8 Å². The maximum atomic E-state index is 11.9. The van der Waals surface area contributed by atoms with Gasteiger partial charge in [-0.05, 0) is 37.0 Å². The second-order valence-corrected chi connectivity index (χ2v) is 5.34. The molecule has 0 saturated heterocycles. The van der Waals surface area contributed by atoms with Crippen LogP contribution in [0.25, 0.3) is 0 Å². The summed E-state index contributed by atoms with van der Waals surface area (Å²) in [4.78, 5) is 22.7. The summed E-state index contributed by atoms with van der Waals surface area (Å²) in [6, 6.07) is 5.56. The number of nitrogens with one attached hydrogen (secondary N) is 1. The molecule has 0 aliphatic heterocycles. The lowest BCUT2D eigenvalue weighted by Crippen LogP contribution is -2.43. The van der Waals surface area contributed by atoms with E-state index >= 15 is 0 Å². The molecular weight excluding hydrogens is 266 g/mol. The van der Waals surface area contributed by atoms with Gasteiger partial charge in [0.1, 0.15) is 0 Å². The molecule has 1 aromatic carbocycles. The van der Waals surface area contributed by atoms with Gasteiger partial charge < -0.3 is 10.4 Å². The van der Waals surface area contributed by atoms with Crippen LogP contribution >= 0.6 is 11.6 Å². The highest BCUT2D eigenvalue weighted by molar-refractivity contribution is 6.31. The number of benzene rings is 1. The van der Waals surface area contributed by atoms with Gasteiger partial charge in [-0.1, -0.05) is 23.7 Å². The number of aliphatic carboxylic acids is 1. The molecule has 0 heterocycles. The van der Waals surface area contributed by atoms with E-state index in [4.69, 9.17) is 16.7 Å². The number of hydrogen-bond donors (Lipinski definition) is 2. The van der Waals surface area contributed by atoms with Crippen molar-refractivity contribution in [1.82, 2.24) is 5.32 Å². The monoisotopic (exact) mass is 281 g/mol. The molecule has 1 saturated carbocycles. The van der Waals surface area contributed by atoms with Crippen molar-refractivity contribution >= 4 is 23.5 Å². The third-order valence-corrected chi connectivity index (χ3v) is 4.04. The van der Waals surface area contributed by atoms with E-state index in [-0.39, 0.29) is 11.8 Å². The first-order chi connectivity index (χ1) is 8.99. The maximum absolute atomic E-state index is 11.9. The van der Waals surface area contributed by atoms with Crippen molar-refractivity contribution < 1.29 is 14.7 Å². The number of aryl methyl sites for hydroxylation is 1. The van der Waals surface area contributed by atoms with E-state index in [0.717, 1.165) is 11.1 Å². The largest absolute Gasteiger partial charge is 0.481 e. The molecule has 0 spiro atoms. The number of carbonyl (C=O) groups excluding carboxylic acids is 1. The summed E-state index contributed by atoms with van der Waals surface area (Å²) in [5, 5.41) is 12.4. The molecule has 4 nitrogen and oxygen atoms in total. The fraction of sp³-hybridized carbons (Fsp3) is 0.429. The molecule has 2 rings (SSSR count). The second kappa shape index (κ2) is 5.61. The van der Waals surface area contributed by atoms with Crippen LogP contribution in [0.5, 0.6) is 0 Å². The summed E-state index contributed by atoms with van der Waals surface area (Å²) >= 11 is 5.93. The van der Waals surface area contributed by atoms with Crippen LogP contribution in [-0.4, -0.2) is 17.0 Å². The topological polar surface area (TPSA) is 66.4 Å². The SMILES string of the molecule is Cc1cc(CNC(=O)C2CCC2C(=O)O)ccc1Cl. The van der Waals surface area contributed by atoms with Crippen LogP contribution in [0.15, 0.2) is 18.2 Å². The minimum Gasteiger partial charge on any atom is -0.481 e. The van der Waals surface area contributed by atoms with Crippen molar-refractivity contribution in [2.75, 3.05) is 0 Å². The summed E-state index contributed by atoms with van der Waals surface area (Å²) in [7, 11) is 0. The average molecular weight is 282 g/mol. The quantitative estimate of drug-likeness (QED) is 0.890. The Morgan fingerprint density at radius 2 is 2.05 bits per heavy atom. The predicted octanol–water partition coefficient (Wildman–Crippen LogP) is 2.38. The van der Waals surface area contributed by atoms with Gasteiger partial charge in [0.15, 0.2) is 0 Å². The summed E-state index contributed by atoms with van der Waals surface area (Å²) in [6.07, 6.45) is 1.25. The fourth-order valence-electron chi connectivity index (χ4n) is 2.25. The smallest absolute Gasteiger partial charge is 0.307 e. The summed E-state index contributed by atoms with van der Waals surface area (Å²) in [5.74, 6) is -1.96. The second-order valence-electron chi connectivity index (χ2n) is 4.93. The number of carbonyl (C=O) groups is 2. The van der Waals surface area contributed by atoms with E-state index in [1.165, 1.54) is 0 Å². The third-order valence-electron chi connectivity index (χ3n) is 3.62. The lowest BCUT2D eigenvalue weighted by atomic mass is 9.73. The van der Waals surface area contributed by atoms with Crippen molar-refractivity contribution in [3.8, 4) is 0 Å². The van der Waals surface area contributed by atoms with Gasteiger partial charge in [0.25, 0.3) is 0 Å². The zero-order chi connectivity index (χ0) is 14.0. The van der Waals surface area contributed by atoms with Crippen molar-refractivity contribution in [1.29, 1.82) is 0 Å². The van der Waals surface area contributed by atoms with Crippen LogP contribution in [0.4, 0.5) is 0 Å². The number of carboxylic acids is 1. The normalized spacial score (nSPS) is 21.6. The minimum absolute atomic E-state index is 0.175. The molecule has 2 atom stereocenters. The molecule has 102 valence electrons. The first kappa shape index (κ1) is 13.9. The highest BCUT2D eigenvalue weighted by Crippen LogP contribution is 2.34. The van der Waals surface area contributed by atoms with Crippen LogP contribution in [0.2, 0.25) is 5.02 Å². The van der Waals surface area contributed by atoms with Crippen molar-refractivity contribution in [3.63, 3.8) is 0 Å². The molecule has 1 amide bonds. The van der Waals surface area contributed by atoms with Gasteiger partial charge in [0.2, 0.25) is 5.91 Å². The first-order valence-electron chi connectivity index (χ1n) is 6.24. The Morgan fingerprint density at radius 3 is 2.58 bits per heavy atom. The minimum atomic E-state index is -0.881. The number of amides is 1. The van der Waals surface area contributed by atoms with E-state index in [9.17, 15) is 9.59 Å². The van der Waals surface area contributed by atoms with E-state index in [1.54, 1.807) is 6.07 Å². The molecule has 1 aliphatic carbocycles. The van der Waals surface area contributed by atoms with Crippen LogP contribution < -0.4 is 5.32 Å². The van der Waals surface area contributed by atoms with Gasteiger partial charge in [0, 0.05) is 11.6 Å². The Balaban J connectivity index is 1.90. The Morgan fingerprint density at radius 1 is 1.37 bits per heavy atom.